The first-order valence-electron chi connectivity index (χ1n) is 8.64. The summed E-state index contributed by atoms with van der Waals surface area (Å²) in [5.74, 6) is 0.850. The molecule has 3 fully saturated rings. The third kappa shape index (κ3) is 1.63. The summed E-state index contributed by atoms with van der Waals surface area (Å²) >= 11 is 0. The molecule has 0 aliphatic carbocycles. The smallest absolute Gasteiger partial charge is 0.243 e. The molecule has 3 saturated heterocycles. The Kier molecular flexibility index (Phi) is 3.12. The molecule has 5 nitrogen and oxygen atoms in total. The molecule has 1 spiro atoms. The van der Waals surface area contributed by atoms with Crippen LogP contribution in [0.5, 0.6) is 0 Å². The van der Waals surface area contributed by atoms with Crippen molar-refractivity contribution in [3.05, 3.63) is 17.5 Å². The summed E-state index contributed by atoms with van der Waals surface area (Å²) in [5, 5.41) is 4.58. The number of hydrogen-bond acceptors (Lipinski definition) is 3. The summed E-state index contributed by atoms with van der Waals surface area (Å²) in [6.45, 7) is 7.33. The van der Waals surface area contributed by atoms with Crippen molar-refractivity contribution < 1.29 is 4.79 Å². The van der Waals surface area contributed by atoms with Crippen LogP contribution in [0.1, 0.15) is 49.9 Å². The Hall–Kier alpha value is -1.36. The fourth-order valence-corrected chi connectivity index (χ4v) is 5.22. The van der Waals surface area contributed by atoms with E-state index in [0.29, 0.717) is 17.9 Å². The highest BCUT2D eigenvalue weighted by Crippen LogP contribution is 2.55. The predicted octanol–water partition coefficient (Wildman–Crippen LogP) is 1.97. The SMILES string of the molecule is CCCn1ncc([C@@H]2C[C@H]3CN(C)C(=O)[C@]34CCCN24)c1C. The maximum Gasteiger partial charge on any atom is 0.243 e. The average molecular weight is 302 g/mol. The van der Waals surface area contributed by atoms with Crippen molar-refractivity contribution in [3.63, 3.8) is 0 Å². The van der Waals surface area contributed by atoms with Gasteiger partial charge in [-0.15, -0.1) is 0 Å². The Morgan fingerprint density at radius 2 is 2.27 bits per heavy atom. The number of carbonyl (C=O) groups excluding carboxylic acids is 1. The monoisotopic (exact) mass is 302 g/mol. The Morgan fingerprint density at radius 1 is 1.45 bits per heavy atom. The first-order chi connectivity index (χ1) is 10.6. The molecule has 0 aromatic carbocycles. The van der Waals surface area contributed by atoms with Crippen molar-refractivity contribution in [2.24, 2.45) is 5.92 Å². The molecule has 5 heteroatoms. The van der Waals surface area contributed by atoms with Crippen molar-refractivity contribution in [2.75, 3.05) is 20.1 Å². The van der Waals surface area contributed by atoms with E-state index in [2.05, 4.69) is 34.7 Å². The number of hydrogen-bond donors (Lipinski definition) is 0. The summed E-state index contributed by atoms with van der Waals surface area (Å²) in [6, 6.07) is 0.385. The van der Waals surface area contributed by atoms with Crippen LogP contribution in [0.4, 0.5) is 0 Å². The topological polar surface area (TPSA) is 41.4 Å². The van der Waals surface area contributed by atoms with Crippen LogP contribution in [0, 0.1) is 12.8 Å². The Labute approximate surface area is 132 Å². The maximum absolute atomic E-state index is 12.8. The van der Waals surface area contributed by atoms with Crippen LogP contribution < -0.4 is 0 Å². The van der Waals surface area contributed by atoms with Gasteiger partial charge < -0.3 is 4.90 Å². The second kappa shape index (κ2) is 4.82. The van der Waals surface area contributed by atoms with E-state index in [1.54, 1.807) is 0 Å². The van der Waals surface area contributed by atoms with Crippen molar-refractivity contribution in [2.45, 2.75) is 57.7 Å². The van der Waals surface area contributed by atoms with E-state index < -0.39 is 0 Å². The lowest BCUT2D eigenvalue weighted by Crippen LogP contribution is -2.49. The minimum Gasteiger partial charge on any atom is -0.344 e. The van der Waals surface area contributed by atoms with E-state index >= 15 is 0 Å². The van der Waals surface area contributed by atoms with E-state index in [1.165, 1.54) is 11.3 Å². The number of likely N-dealkylation sites (N-methyl/N-ethyl adjacent to an activating group) is 1. The van der Waals surface area contributed by atoms with Gasteiger partial charge in [0.1, 0.15) is 5.54 Å². The number of amides is 1. The van der Waals surface area contributed by atoms with Crippen LogP contribution >= 0.6 is 0 Å². The number of aryl methyl sites for hydroxylation is 1. The lowest BCUT2D eigenvalue weighted by Gasteiger charge is -2.33. The summed E-state index contributed by atoms with van der Waals surface area (Å²) in [5.41, 5.74) is 2.44. The highest BCUT2D eigenvalue weighted by atomic mass is 16.2. The summed E-state index contributed by atoms with van der Waals surface area (Å²) in [4.78, 5) is 17.3. The molecule has 4 rings (SSSR count). The Balaban J connectivity index is 1.70. The summed E-state index contributed by atoms with van der Waals surface area (Å²) in [6.07, 6.45) is 6.45. The van der Waals surface area contributed by atoms with E-state index in [0.717, 1.165) is 45.3 Å². The van der Waals surface area contributed by atoms with Crippen LogP contribution in [0.2, 0.25) is 0 Å². The van der Waals surface area contributed by atoms with Crippen LogP contribution in [0.3, 0.4) is 0 Å². The Morgan fingerprint density at radius 3 is 3.05 bits per heavy atom. The van der Waals surface area contributed by atoms with E-state index in [9.17, 15) is 4.79 Å². The first-order valence-corrected chi connectivity index (χ1v) is 8.64. The predicted molar refractivity (Wildman–Crippen MR) is 84.4 cm³/mol. The minimum absolute atomic E-state index is 0.196. The number of nitrogens with zero attached hydrogens (tertiary/aromatic N) is 4. The molecule has 0 bridgehead atoms. The Bertz CT molecular complexity index is 610. The van der Waals surface area contributed by atoms with Gasteiger partial charge in [0.2, 0.25) is 5.91 Å². The normalized spacial score (nSPS) is 34.5. The van der Waals surface area contributed by atoms with Crippen LogP contribution in [0.15, 0.2) is 6.20 Å². The highest BCUT2D eigenvalue weighted by molar-refractivity contribution is 5.90. The van der Waals surface area contributed by atoms with Gasteiger partial charge in [0.05, 0.1) is 6.20 Å². The van der Waals surface area contributed by atoms with Crippen LogP contribution in [-0.4, -0.2) is 51.2 Å². The molecule has 1 aromatic heterocycles. The van der Waals surface area contributed by atoms with Gasteiger partial charge in [-0.2, -0.15) is 5.10 Å². The van der Waals surface area contributed by atoms with Gasteiger partial charge in [-0.1, -0.05) is 6.92 Å². The number of carbonyl (C=O) groups is 1. The van der Waals surface area contributed by atoms with Gasteiger partial charge in [-0.05, 0) is 39.2 Å². The maximum atomic E-state index is 12.8. The summed E-state index contributed by atoms with van der Waals surface area (Å²) in [7, 11) is 1.96. The molecular formula is C17H26N4O. The zero-order chi connectivity index (χ0) is 15.5. The van der Waals surface area contributed by atoms with Crippen molar-refractivity contribution in [1.82, 2.24) is 19.6 Å². The van der Waals surface area contributed by atoms with Crippen molar-refractivity contribution in [1.29, 1.82) is 0 Å². The fraction of sp³-hybridized carbons (Fsp3) is 0.765. The molecule has 120 valence electrons. The van der Waals surface area contributed by atoms with Crippen molar-refractivity contribution >= 4 is 5.91 Å². The fourth-order valence-electron chi connectivity index (χ4n) is 5.22. The van der Waals surface area contributed by atoms with Gasteiger partial charge in [-0.3, -0.25) is 14.4 Å². The molecule has 0 N–H and O–H groups in total. The van der Waals surface area contributed by atoms with Gasteiger partial charge >= 0.3 is 0 Å². The average Bonchev–Trinajstić information content (AvgIpc) is 3.19. The molecule has 3 atom stereocenters. The van der Waals surface area contributed by atoms with E-state index in [4.69, 9.17) is 0 Å². The minimum atomic E-state index is -0.196. The van der Waals surface area contributed by atoms with Gasteiger partial charge in [0, 0.05) is 43.4 Å². The highest BCUT2D eigenvalue weighted by Gasteiger charge is 2.64. The molecule has 0 radical (unpaired) electrons. The molecule has 1 amide bonds. The lowest BCUT2D eigenvalue weighted by atomic mass is 9.85. The standard InChI is InChI=1S/C17H26N4O/c1-4-7-21-12(2)14(10-18-21)15-9-13-11-19(3)16(22)17(13)6-5-8-20(15)17/h10,13,15H,4-9,11H2,1-3H3/t13-,15-,17-/m0/s1. The van der Waals surface area contributed by atoms with E-state index in [-0.39, 0.29) is 5.54 Å². The molecular weight excluding hydrogens is 276 g/mol. The number of rotatable bonds is 3. The van der Waals surface area contributed by atoms with Crippen LogP contribution in [0.25, 0.3) is 0 Å². The summed E-state index contributed by atoms with van der Waals surface area (Å²) < 4.78 is 2.13. The second-order valence-electron chi connectivity index (χ2n) is 7.26. The largest absolute Gasteiger partial charge is 0.344 e. The number of aromatic nitrogens is 2. The zero-order valence-electron chi connectivity index (χ0n) is 13.9. The molecule has 0 unspecified atom stereocenters. The molecule has 1 aromatic rings. The third-order valence-electron chi connectivity index (χ3n) is 6.18. The van der Waals surface area contributed by atoms with Gasteiger partial charge in [0.25, 0.3) is 0 Å². The van der Waals surface area contributed by atoms with Crippen molar-refractivity contribution in [3.8, 4) is 0 Å². The molecule has 3 aliphatic rings. The molecule has 0 saturated carbocycles. The first kappa shape index (κ1) is 14.2. The zero-order valence-corrected chi connectivity index (χ0v) is 13.9. The molecule has 4 heterocycles. The quantitative estimate of drug-likeness (QED) is 0.857. The molecule has 3 aliphatic heterocycles. The third-order valence-corrected chi connectivity index (χ3v) is 6.18. The van der Waals surface area contributed by atoms with Gasteiger partial charge in [-0.25, -0.2) is 0 Å². The van der Waals surface area contributed by atoms with Crippen LogP contribution in [-0.2, 0) is 11.3 Å². The number of likely N-dealkylation sites (tertiary alicyclic amines) is 1. The van der Waals surface area contributed by atoms with E-state index in [1.807, 2.05) is 11.9 Å². The lowest BCUT2D eigenvalue weighted by molar-refractivity contribution is -0.135. The second-order valence-corrected chi connectivity index (χ2v) is 7.26. The molecule has 22 heavy (non-hydrogen) atoms. The van der Waals surface area contributed by atoms with Gasteiger partial charge in [0.15, 0.2) is 0 Å².